The molecule has 1 spiro atoms. The highest BCUT2D eigenvalue weighted by Crippen LogP contribution is 2.50. The van der Waals surface area contributed by atoms with Crippen LogP contribution in [-0.2, 0) is 9.53 Å². The van der Waals surface area contributed by atoms with Crippen molar-refractivity contribution in [3.63, 3.8) is 0 Å². The number of piperidine rings is 1. The fraction of sp³-hybridized carbons (Fsp3) is 0.619. The summed E-state index contributed by atoms with van der Waals surface area (Å²) in [6.45, 7) is 2.99. The van der Waals surface area contributed by atoms with E-state index < -0.39 is 0 Å². The molecular weight excluding hydrogens is 399 g/mol. The molecule has 8 heteroatoms. The first-order chi connectivity index (χ1) is 13.9. The Hall–Kier alpha value is -1.86. The first kappa shape index (κ1) is 19.1. The maximum Gasteiger partial charge on any atom is 0.320 e. The van der Waals surface area contributed by atoms with Gasteiger partial charge in [-0.25, -0.2) is 9.18 Å². The molecule has 3 aliphatic heterocycles. The highest BCUT2D eigenvalue weighted by atomic mass is 35.5. The zero-order valence-corrected chi connectivity index (χ0v) is 16.9. The quantitative estimate of drug-likeness (QED) is 0.734. The Morgan fingerprint density at radius 3 is 2.83 bits per heavy atom. The van der Waals surface area contributed by atoms with Crippen LogP contribution in [0.2, 0.25) is 5.02 Å². The Labute approximate surface area is 173 Å². The monoisotopic (exact) mass is 422 g/mol. The first-order valence-electron chi connectivity index (χ1n) is 10.2. The van der Waals surface area contributed by atoms with Crippen LogP contribution in [0.3, 0.4) is 0 Å². The van der Waals surface area contributed by atoms with Crippen molar-refractivity contribution in [2.24, 2.45) is 11.3 Å². The number of amides is 2. The third kappa shape index (κ3) is 3.59. The average molecular weight is 423 g/mol. The molecule has 0 aromatic heterocycles. The molecule has 156 valence electrons. The van der Waals surface area contributed by atoms with Crippen LogP contribution >= 0.6 is 11.6 Å². The third-order valence-electron chi connectivity index (χ3n) is 6.71. The molecule has 2 amide bonds. The van der Waals surface area contributed by atoms with E-state index in [-0.39, 0.29) is 52.8 Å². The van der Waals surface area contributed by atoms with E-state index in [1.807, 2.05) is 9.80 Å². The number of nitrogens with zero attached hydrogens (tertiary/aromatic N) is 2. The molecule has 1 aliphatic carbocycles. The van der Waals surface area contributed by atoms with Crippen LogP contribution in [0.25, 0.3) is 0 Å². The van der Waals surface area contributed by atoms with Gasteiger partial charge in [-0.2, -0.15) is 0 Å². The van der Waals surface area contributed by atoms with Crippen LogP contribution in [-0.4, -0.2) is 66.6 Å². The van der Waals surface area contributed by atoms with Crippen molar-refractivity contribution >= 4 is 23.4 Å². The Morgan fingerprint density at radius 1 is 1.28 bits per heavy atom. The number of ketones is 1. The van der Waals surface area contributed by atoms with Crippen LogP contribution in [0, 0.1) is 17.2 Å². The molecule has 4 aliphatic rings. The summed E-state index contributed by atoms with van der Waals surface area (Å²) in [5.41, 5.74) is 0.134. The number of carbonyl (C=O) groups is 2. The van der Waals surface area contributed by atoms with Gasteiger partial charge in [0.1, 0.15) is 24.3 Å². The minimum atomic E-state index is -0.381. The number of halogens is 2. The number of ether oxygens (including phenoxy) is 2. The van der Waals surface area contributed by atoms with Gasteiger partial charge in [-0.1, -0.05) is 11.6 Å². The van der Waals surface area contributed by atoms with E-state index in [1.165, 1.54) is 12.1 Å². The minimum Gasteiger partial charge on any atom is -0.489 e. The molecule has 29 heavy (non-hydrogen) atoms. The summed E-state index contributed by atoms with van der Waals surface area (Å²) in [6.07, 6.45) is 3.23. The van der Waals surface area contributed by atoms with Crippen molar-refractivity contribution in [3.8, 4) is 5.75 Å². The van der Waals surface area contributed by atoms with Crippen LogP contribution in [0.4, 0.5) is 9.18 Å². The second kappa shape index (κ2) is 7.13. The molecule has 0 radical (unpaired) electrons. The van der Waals surface area contributed by atoms with Crippen LogP contribution < -0.4 is 4.74 Å². The number of hydrogen-bond donors (Lipinski definition) is 0. The van der Waals surface area contributed by atoms with Crippen LogP contribution in [0.1, 0.15) is 25.7 Å². The smallest absolute Gasteiger partial charge is 0.320 e. The predicted octanol–water partition coefficient (Wildman–Crippen LogP) is 3.12. The summed E-state index contributed by atoms with van der Waals surface area (Å²) < 4.78 is 24.6. The molecule has 0 N–H and O–H groups in total. The molecule has 1 aromatic carbocycles. The van der Waals surface area contributed by atoms with E-state index in [9.17, 15) is 14.0 Å². The fourth-order valence-electron chi connectivity index (χ4n) is 5.25. The zero-order valence-electron chi connectivity index (χ0n) is 16.1. The SMILES string of the molecule is O=C1CO[C@H]2CCN(C(=O)N3CC4(CC(Oc5ccc(F)cc5Cl)C4)C3)C[C@H]2C1. The zero-order chi connectivity index (χ0) is 20.2. The molecule has 3 saturated heterocycles. The average Bonchev–Trinajstić information content (AvgIpc) is 2.63. The normalized spacial score (nSPS) is 28.6. The number of urea groups is 1. The van der Waals surface area contributed by atoms with Gasteiger partial charge in [0.2, 0.25) is 0 Å². The molecule has 2 atom stereocenters. The maximum atomic E-state index is 13.1. The number of hydrogen-bond acceptors (Lipinski definition) is 4. The number of Topliss-reactive ketones (excluding diaryl/α,β-unsaturated/α-hetero) is 1. The van der Waals surface area contributed by atoms with Gasteiger partial charge in [0.15, 0.2) is 5.78 Å². The van der Waals surface area contributed by atoms with E-state index >= 15 is 0 Å². The summed E-state index contributed by atoms with van der Waals surface area (Å²) in [4.78, 5) is 28.3. The largest absolute Gasteiger partial charge is 0.489 e. The molecular formula is C21H24ClFN2O4. The Morgan fingerprint density at radius 2 is 2.07 bits per heavy atom. The Kier molecular flexibility index (Phi) is 4.70. The maximum absolute atomic E-state index is 13.1. The van der Waals surface area contributed by atoms with E-state index in [0.29, 0.717) is 25.3 Å². The number of carbonyl (C=O) groups excluding carboxylic acids is 2. The lowest BCUT2D eigenvalue weighted by Crippen LogP contribution is -2.68. The number of benzene rings is 1. The van der Waals surface area contributed by atoms with Gasteiger partial charge in [0.25, 0.3) is 0 Å². The van der Waals surface area contributed by atoms with Crippen LogP contribution in [0.5, 0.6) is 5.75 Å². The molecule has 0 bridgehead atoms. The summed E-state index contributed by atoms with van der Waals surface area (Å²) in [5, 5.41) is 0.282. The van der Waals surface area contributed by atoms with Gasteiger partial charge in [-0.3, -0.25) is 4.79 Å². The highest BCUT2D eigenvalue weighted by molar-refractivity contribution is 6.32. The van der Waals surface area contributed by atoms with Gasteiger partial charge in [0.05, 0.1) is 11.1 Å². The molecule has 5 rings (SSSR count). The first-order valence-corrected chi connectivity index (χ1v) is 10.6. The van der Waals surface area contributed by atoms with Crippen LogP contribution in [0.15, 0.2) is 18.2 Å². The molecule has 1 saturated carbocycles. The number of rotatable bonds is 2. The summed E-state index contributed by atoms with van der Waals surface area (Å²) >= 11 is 6.03. The molecule has 6 nitrogen and oxygen atoms in total. The topological polar surface area (TPSA) is 59.1 Å². The summed E-state index contributed by atoms with van der Waals surface area (Å²) in [7, 11) is 0. The van der Waals surface area contributed by atoms with Crippen molar-refractivity contribution < 1.29 is 23.5 Å². The fourth-order valence-corrected chi connectivity index (χ4v) is 5.46. The molecule has 0 unspecified atom stereocenters. The molecule has 4 fully saturated rings. The molecule has 1 aromatic rings. The Bertz CT molecular complexity index is 836. The van der Waals surface area contributed by atoms with Gasteiger partial charge in [-0.05, 0) is 37.5 Å². The van der Waals surface area contributed by atoms with Crippen molar-refractivity contribution in [1.82, 2.24) is 9.80 Å². The van der Waals surface area contributed by atoms with E-state index in [4.69, 9.17) is 21.1 Å². The van der Waals surface area contributed by atoms with Gasteiger partial charge in [-0.15, -0.1) is 0 Å². The van der Waals surface area contributed by atoms with E-state index in [1.54, 1.807) is 6.07 Å². The lowest BCUT2D eigenvalue weighted by molar-refractivity contribution is -0.140. The third-order valence-corrected chi connectivity index (χ3v) is 7.01. The predicted molar refractivity (Wildman–Crippen MR) is 104 cm³/mol. The minimum absolute atomic E-state index is 0.0522. The van der Waals surface area contributed by atoms with Gasteiger partial charge < -0.3 is 19.3 Å². The van der Waals surface area contributed by atoms with Crippen molar-refractivity contribution in [3.05, 3.63) is 29.0 Å². The van der Waals surface area contributed by atoms with Crippen molar-refractivity contribution in [1.29, 1.82) is 0 Å². The van der Waals surface area contributed by atoms with Crippen molar-refractivity contribution in [2.75, 3.05) is 32.8 Å². The lowest BCUT2D eigenvalue weighted by Gasteiger charge is -2.59. The lowest BCUT2D eigenvalue weighted by atomic mass is 9.62. The molecule has 3 heterocycles. The Balaban J connectivity index is 1.10. The standard InChI is InChI=1S/C21H24ClFN2O4/c22-17-6-14(23)1-2-19(17)29-16-7-21(8-16)11-25(12-21)20(27)24-4-3-18-13(9-24)5-15(26)10-28-18/h1-2,6,13,16,18H,3-5,7-12H2/t13-,18+/m1/s1. The van der Waals surface area contributed by atoms with Gasteiger partial charge in [0, 0.05) is 43.9 Å². The second-order valence-electron chi connectivity index (χ2n) is 8.95. The summed E-state index contributed by atoms with van der Waals surface area (Å²) in [5.74, 6) is 0.386. The number of fused-ring (bicyclic) bond motifs is 1. The van der Waals surface area contributed by atoms with E-state index in [2.05, 4.69) is 0 Å². The highest BCUT2D eigenvalue weighted by Gasteiger charge is 2.55. The summed E-state index contributed by atoms with van der Waals surface area (Å²) in [6, 6.07) is 4.22. The number of likely N-dealkylation sites (tertiary alicyclic amines) is 2. The van der Waals surface area contributed by atoms with Crippen molar-refractivity contribution in [2.45, 2.75) is 37.9 Å². The van der Waals surface area contributed by atoms with Gasteiger partial charge >= 0.3 is 6.03 Å². The second-order valence-corrected chi connectivity index (χ2v) is 9.36. The van der Waals surface area contributed by atoms with E-state index in [0.717, 1.165) is 32.4 Å².